The average Bonchev–Trinajstić information content (AvgIpc) is 2.82. The molecule has 0 heterocycles. The molecule has 9 heteroatoms. The molecule has 34 heavy (non-hydrogen) atoms. The number of nitrogens with one attached hydrogen (secondary N) is 1. The first-order valence-corrected chi connectivity index (χ1v) is 10.2. The number of ether oxygens (including phenoxy) is 2. The Morgan fingerprint density at radius 3 is 2.41 bits per heavy atom. The van der Waals surface area contributed by atoms with Crippen molar-refractivity contribution < 1.29 is 32.6 Å². The van der Waals surface area contributed by atoms with Gasteiger partial charge < -0.3 is 19.7 Å². The number of benzene rings is 3. The van der Waals surface area contributed by atoms with E-state index in [0.29, 0.717) is 5.56 Å². The fourth-order valence-corrected chi connectivity index (χ4v) is 2.97. The van der Waals surface area contributed by atoms with Gasteiger partial charge in [-0.15, -0.1) is 0 Å². The zero-order valence-corrected chi connectivity index (χ0v) is 18.3. The SMILES string of the molecule is CN(Cc1cccc(F)c1)C(=O)COC(=O)c1ccccc1OCC(=O)Nc1ccccc1F. The molecule has 0 radical (unpaired) electrons. The van der Waals surface area contributed by atoms with E-state index in [4.69, 9.17) is 9.47 Å². The normalized spacial score (nSPS) is 10.3. The van der Waals surface area contributed by atoms with Gasteiger partial charge in [0.1, 0.15) is 22.9 Å². The van der Waals surface area contributed by atoms with Crippen LogP contribution in [-0.4, -0.2) is 42.9 Å². The largest absolute Gasteiger partial charge is 0.483 e. The highest BCUT2D eigenvalue weighted by Gasteiger charge is 2.18. The lowest BCUT2D eigenvalue weighted by Crippen LogP contribution is -2.31. The van der Waals surface area contributed by atoms with E-state index in [1.54, 1.807) is 24.3 Å². The fourth-order valence-electron chi connectivity index (χ4n) is 2.97. The summed E-state index contributed by atoms with van der Waals surface area (Å²) in [6, 6.07) is 17.6. The van der Waals surface area contributed by atoms with Crippen LogP contribution in [0.5, 0.6) is 5.75 Å². The number of halogens is 2. The van der Waals surface area contributed by atoms with Crippen LogP contribution < -0.4 is 10.1 Å². The van der Waals surface area contributed by atoms with Gasteiger partial charge in [0, 0.05) is 13.6 Å². The van der Waals surface area contributed by atoms with E-state index in [1.165, 1.54) is 60.5 Å². The molecule has 176 valence electrons. The molecule has 3 rings (SSSR count). The van der Waals surface area contributed by atoms with Gasteiger partial charge >= 0.3 is 5.97 Å². The summed E-state index contributed by atoms with van der Waals surface area (Å²) < 4.78 is 37.5. The minimum Gasteiger partial charge on any atom is -0.483 e. The molecule has 0 fully saturated rings. The second kappa shape index (κ2) is 11.6. The Bertz CT molecular complexity index is 1190. The van der Waals surface area contributed by atoms with Crippen LogP contribution in [0.15, 0.2) is 72.8 Å². The first-order valence-electron chi connectivity index (χ1n) is 10.2. The number of likely N-dealkylation sites (N-methyl/N-ethyl adjacent to an activating group) is 1. The molecule has 3 aromatic rings. The molecule has 0 aliphatic heterocycles. The Morgan fingerprint density at radius 2 is 1.65 bits per heavy atom. The van der Waals surface area contributed by atoms with Gasteiger partial charge in [-0.05, 0) is 42.0 Å². The molecule has 0 unspecified atom stereocenters. The van der Waals surface area contributed by atoms with Crippen molar-refractivity contribution in [2.45, 2.75) is 6.54 Å². The number of hydrogen-bond acceptors (Lipinski definition) is 5. The third kappa shape index (κ3) is 6.86. The monoisotopic (exact) mass is 468 g/mol. The van der Waals surface area contributed by atoms with Crippen LogP contribution in [0.4, 0.5) is 14.5 Å². The Morgan fingerprint density at radius 1 is 0.912 bits per heavy atom. The summed E-state index contributed by atoms with van der Waals surface area (Å²) in [5.41, 5.74) is 0.612. The van der Waals surface area contributed by atoms with E-state index in [1.807, 2.05) is 0 Å². The van der Waals surface area contributed by atoms with Crippen molar-refractivity contribution >= 4 is 23.5 Å². The van der Waals surface area contributed by atoms with Gasteiger partial charge in [0.05, 0.1) is 5.69 Å². The molecule has 0 spiro atoms. The summed E-state index contributed by atoms with van der Waals surface area (Å²) in [6.45, 7) is -0.869. The summed E-state index contributed by atoms with van der Waals surface area (Å²) in [7, 11) is 1.51. The van der Waals surface area contributed by atoms with Gasteiger partial charge in [0.25, 0.3) is 11.8 Å². The van der Waals surface area contributed by atoms with Gasteiger partial charge in [0.2, 0.25) is 0 Å². The van der Waals surface area contributed by atoms with Crippen LogP contribution in [0.2, 0.25) is 0 Å². The second-order valence-electron chi connectivity index (χ2n) is 7.27. The highest BCUT2D eigenvalue weighted by atomic mass is 19.1. The zero-order chi connectivity index (χ0) is 24.5. The Labute approximate surface area is 194 Å². The standard InChI is InChI=1S/C25H22F2N2O5/c1-29(14-17-7-6-8-18(26)13-17)24(31)16-34-25(32)19-9-2-5-12-22(19)33-15-23(30)28-21-11-4-3-10-20(21)27/h2-13H,14-16H2,1H3,(H,28,30). The van der Waals surface area contributed by atoms with Gasteiger partial charge in [-0.25, -0.2) is 13.6 Å². The second-order valence-corrected chi connectivity index (χ2v) is 7.27. The number of anilines is 1. The third-order valence-corrected chi connectivity index (χ3v) is 4.67. The number of esters is 1. The maximum atomic E-state index is 13.7. The smallest absolute Gasteiger partial charge is 0.342 e. The third-order valence-electron chi connectivity index (χ3n) is 4.67. The van der Waals surface area contributed by atoms with Crippen molar-refractivity contribution in [1.29, 1.82) is 0 Å². The molecule has 0 aliphatic rings. The van der Waals surface area contributed by atoms with Gasteiger partial charge in [0.15, 0.2) is 13.2 Å². The maximum Gasteiger partial charge on any atom is 0.342 e. The van der Waals surface area contributed by atoms with Crippen LogP contribution in [0.1, 0.15) is 15.9 Å². The van der Waals surface area contributed by atoms with E-state index in [0.717, 1.165) is 0 Å². The molecule has 0 aromatic heterocycles. The number of nitrogens with zero attached hydrogens (tertiary/aromatic N) is 1. The lowest BCUT2D eigenvalue weighted by atomic mass is 10.2. The average molecular weight is 468 g/mol. The van der Waals surface area contributed by atoms with E-state index in [-0.39, 0.29) is 23.5 Å². The molecular weight excluding hydrogens is 446 g/mol. The van der Waals surface area contributed by atoms with Crippen molar-refractivity contribution in [3.63, 3.8) is 0 Å². The van der Waals surface area contributed by atoms with Crippen molar-refractivity contribution in [2.75, 3.05) is 25.6 Å². The summed E-state index contributed by atoms with van der Waals surface area (Å²) in [5.74, 6) is -2.87. The molecular formula is C25H22F2N2O5. The van der Waals surface area contributed by atoms with Crippen molar-refractivity contribution in [3.8, 4) is 5.75 Å². The number of rotatable bonds is 9. The van der Waals surface area contributed by atoms with Gasteiger partial charge in [-0.3, -0.25) is 9.59 Å². The van der Waals surface area contributed by atoms with Crippen LogP contribution in [0.3, 0.4) is 0 Å². The molecule has 0 saturated heterocycles. The minimum atomic E-state index is -0.822. The van der Waals surface area contributed by atoms with Crippen LogP contribution >= 0.6 is 0 Å². The molecule has 0 saturated carbocycles. The molecule has 7 nitrogen and oxygen atoms in total. The lowest BCUT2D eigenvalue weighted by Gasteiger charge is -2.17. The quantitative estimate of drug-likeness (QED) is 0.483. The van der Waals surface area contributed by atoms with E-state index < -0.39 is 42.6 Å². The predicted molar refractivity (Wildman–Crippen MR) is 120 cm³/mol. The lowest BCUT2D eigenvalue weighted by molar-refractivity contribution is -0.133. The predicted octanol–water partition coefficient (Wildman–Crippen LogP) is 3.80. The number of amides is 2. The highest BCUT2D eigenvalue weighted by Crippen LogP contribution is 2.19. The van der Waals surface area contributed by atoms with Crippen molar-refractivity contribution in [2.24, 2.45) is 0 Å². The molecule has 0 atom stereocenters. The summed E-state index contributed by atoms with van der Waals surface area (Å²) >= 11 is 0. The van der Waals surface area contributed by atoms with Crippen molar-refractivity contribution in [1.82, 2.24) is 4.90 Å². The Hall–Kier alpha value is -4.27. The Kier molecular flexibility index (Phi) is 8.28. The molecule has 0 bridgehead atoms. The maximum absolute atomic E-state index is 13.7. The van der Waals surface area contributed by atoms with E-state index in [9.17, 15) is 23.2 Å². The number of carbonyl (C=O) groups is 3. The summed E-state index contributed by atoms with van der Waals surface area (Å²) in [5, 5.41) is 2.38. The van der Waals surface area contributed by atoms with Gasteiger partial charge in [-0.2, -0.15) is 0 Å². The van der Waals surface area contributed by atoms with Crippen molar-refractivity contribution in [3.05, 3.63) is 95.6 Å². The van der Waals surface area contributed by atoms with Gasteiger partial charge in [-0.1, -0.05) is 36.4 Å². The Balaban J connectivity index is 1.53. The first-order chi connectivity index (χ1) is 16.3. The first kappa shape index (κ1) is 24.4. The zero-order valence-electron chi connectivity index (χ0n) is 18.3. The minimum absolute atomic E-state index is 0.00432. The number of carbonyl (C=O) groups excluding carboxylic acids is 3. The molecule has 0 aliphatic carbocycles. The number of hydrogen-bond donors (Lipinski definition) is 1. The summed E-state index contributed by atoms with van der Waals surface area (Å²) in [4.78, 5) is 38.2. The summed E-state index contributed by atoms with van der Waals surface area (Å²) in [6.07, 6.45) is 0. The van der Waals surface area contributed by atoms with Crippen LogP contribution in [0, 0.1) is 11.6 Å². The van der Waals surface area contributed by atoms with E-state index >= 15 is 0 Å². The fraction of sp³-hybridized carbons (Fsp3) is 0.160. The molecule has 1 N–H and O–H groups in total. The van der Waals surface area contributed by atoms with Crippen LogP contribution in [-0.2, 0) is 20.9 Å². The topological polar surface area (TPSA) is 84.9 Å². The molecule has 2 amide bonds. The van der Waals surface area contributed by atoms with E-state index in [2.05, 4.69) is 5.32 Å². The number of para-hydroxylation sites is 2. The van der Waals surface area contributed by atoms with Crippen LogP contribution in [0.25, 0.3) is 0 Å². The highest BCUT2D eigenvalue weighted by molar-refractivity contribution is 5.95. The molecule has 3 aromatic carbocycles.